The standard InChI is InChI=1S/C27H27N/c1-6-20(2)15-16-21(3)22(4)17-18-23(5)28-26-13-9-7-11-24(26)19-25-12-8-10-14-27(25)28/h6-18,24,26H,1-5,19H2/b16-15-,18-17-. The van der Waals surface area contributed by atoms with Crippen molar-refractivity contribution in [3.63, 3.8) is 0 Å². The van der Waals surface area contributed by atoms with Gasteiger partial charge in [0.15, 0.2) is 0 Å². The number of hydrogen-bond donors (Lipinski definition) is 0. The second-order valence-corrected chi connectivity index (χ2v) is 7.11. The van der Waals surface area contributed by atoms with Gasteiger partial charge in [0.1, 0.15) is 0 Å². The zero-order chi connectivity index (χ0) is 20.1. The van der Waals surface area contributed by atoms with E-state index in [-0.39, 0.29) is 6.04 Å². The number of anilines is 1. The van der Waals surface area contributed by atoms with E-state index in [1.54, 1.807) is 6.08 Å². The third kappa shape index (κ3) is 4.15. The molecule has 1 aliphatic carbocycles. The van der Waals surface area contributed by atoms with Gasteiger partial charge in [-0.05, 0) is 40.8 Å². The summed E-state index contributed by atoms with van der Waals surface area (Å²) >= 11 is 0. The Balaban J connectivity index is 1.81. The maximum absolute atomic E-state index is 4.35. The average Bonchev–Trinajstić information content (AvgIpc) is 2.73. The molecule has 0 bridgehead atoms. The Morgan fingerprint density at radius 1 is 0.893 bits per heavy atom. The van der Waals surface area contributed by atoms with Crippen LogP contribution in [0.4, 0.5) is 5.69 Å². The fourth-order valence-corrected chi connectivity index (χ4v) is 3.55. The summed E-state index contributed by atoms with van der Waals surface area (Å²) in [6, 6.07) is 8.86. The Bertz CT molecular complexity index is 948. The normalized spacial score (nSPS) is 20.1. The first-order chi connectivity index (χ1) is 13.5. The van der Waals surface area contributed by atoms with E-state index >= 15 is 0 Å². The van der Waals surface area contributed by atoms with E-state index in [0.29, 0.717) is 5.92 Å². The first kappa shape index (κ1) is 19.4. The van der Waals surface area contributed by atoms with Crippen molar-refractivity contribution in [3.05, 3.63) is 140 Å². The molecule has 0 amide bonds. The number of fused-ring (bicyclic) bond motifs is 2. The Morgan fingerprint density at radius 2 is 1.57 bits per heavy atom. The minimum Gasteiger partial charge on any atom is -0.334 e. The molecule has 0 spiro atoms. The molecular weight excluding hydrogens is 338 g/mol. The van der Waals surface area contributed by atoms with E-state index in [9.17, 15) is 0 Å². The van der Waals surface area contributed by atoms with Gasteiger partial charge >= 0.3 is 0 Å². The first-order valence-corrected chi connectivity index (χ1v) is 9.48. The van der Waals surface area contributed by atoms with Crippen LogP contribution in [0.3, 0.4) is 0 Å². The molecule has 140 valence electrons. The highest BCUT2D eigenvalue weighted by molar-refractivity contribution is 5.64. The molecule has 0 N–H and O–H groups in total. The van der Waals surface area contributed by atoms with Crippen molar-refractivity contribution in [2.45, 2.75) is 12.5 Å². The molecule has 28 heavy (non-hydrogen) atoms. The number of nitrogens with zero attached hydrogens (tertiary/aromatic N) is 1. The van der Waals surface area contributed by atoms with E-state index in [0.717, 1.165) is 28.8 Å². The predicted molar refractivity (Wildman–Crippen MR) is 123 cm³/mol. The van der Waals surface area contributed by atoms with Crippen molar-refractivity contribution >= 4 is 5.69 Å². The first-order valence-electron chi connectivity index (χ1n) is 9.48. The molecule has 0 fully saturated rings. The summed E-state index contributed by atoms with van der Waals surface area (Å²) in [5, 5.41) is 0. The summed E-state index contributed by atoms with van der Waals surface area (Å²) in [5.41, 5.74) is 6.04. The van der Waals surface area contributed by atoms with Crippen LogP contribution in [-0.2, 0) is 6.42 Å². The maximum atomic E-state index is 4.35. The van der Waals surface area contributed by atoms with E-state index in [1.165, 1.54) is 11.3 Å². The van der Waals surface area contributed by atoms with Gasteiger partial charge < -0.3 is 4.90 Å². The molecule has 1 nitrogen and oxygen atoms in total. The molecule has 0 saturated carbocycles. The Kier molecular flexibility index (Phi) is 5.96. The number of hydrogen-bond acceptors (Lipinski definition) is 1. The lowest BCUT2D eigenvalue weighted by Crippen LogP contribution is -2.43. The maximum Gasteiger partial charge on any atom is 0.0591 e. The van der Waals surface area contributed by atoms with Gasteiger partial charge in [-0.25, -0.2) is 0 Å². The quantitative estimate of drug-likeness (QED) is 0.490. The van der Waals surface area contributed by atoms with Crippen molar-refractivity contribution in [2.24, 2.45) is 5.92 Å². The lowest BCUT2D eigenvalue weighted by Gasteiger charge is -2.42. The van der Waals surface area contributed by atoms with Gasteiger partial charge in [-0.3, -0.25) is 0 Å². The van der Waals surface area contributed by atoms with E-state index in [1.807, 2.05) is 24.3 Å². The molecule has 2 atom stereocenters. The van der Waals surface area contributed by atoms with Gasteiger partial charge in [0.25, 0.3) is 0 Å². The van der Waals surface area contributed by atoms with Crippen molar-refractivity contribution in [1.82, 2.24) is 0 Å². The molecule has 1 aromatic carbocycles. The summed E-state index contributed by atoms with van der Waals surface area (Å²) in [4.78, 5) is 2.32. The molecule has 1 heteroatoms. The summed E-state index contributed by atoms with van der Waals surface area (Å²) in [7, 11) is 0. The van der Waals surface area contributed by atoms with Crippen molar-refractivity contribution in [3.8, 4) is 0 Å². The number of allylic oxidation sites excluding steroid dienone is 10. The number of rotatable bonds is 7. The summed E-state index contributed by atoms with van der Waals surface area (Å²) in [6.45, 7) is 20.1. The van der Waals surface area contributed by atoms with Crippen LogP contribution in [0.1, 0.15) is 5.56 Å². The van der Waals surface area contributed by atoms with Crippen LogP contribution in [0, 0.1) is 5.92 Å². The smallest absolute Gasteiger partial charge is 0.0591 e. The topological polar surface area (TPSA) is 3.24 Å². The highest BCUT2D eigenvalue weighted by Crippen LogP contribution is 2.38. The van der Waals surface area contributed by atoms with Crippen LogP contribution in [0.25, 0.3) is 0 Å². The third-order valence-corrected chi connectivity index (χ3v) is 5.18. The van der Waals surface area contributed by atoms with Crippen molar-refractivity contribution < 1.29 is 0 Å². The largest absolute Gasteiger partial charge is 0.334 e. The van der Waals surface area contributed by atoms with Crippen LogP contribution in [0.5, 0.6) is 0 Å². The molecule has 3 rings (SSSR count). The highest BCUT2D eigenvalue weighted by Gasteiger charge is 2.32. The fourth-order valence-electron chi connectivity index (χ4n) is 3.55. The summed E-state index contributed by atoms with van der Waals surface area (Å²) in [6.07, 6.45) is 19.4. The monoisotopic (exact) mass is 365 g/mol. The minimum atomic E-state index is 0.282. The van der Waals surface area contributed by atoms with Crippen LogP contribution < -0.4 is 4.90 Å². The van der Waals surface area contributed by atoms with Crippen molar-refractivity contribution in [2.75, 3.05) is 4.90 Å². The molecule has 0 aromatic heterocycles. The molecule has 2 aliphatic rings. The van der Waals surface area contributed by atoms with Gasteiger partial charge in [0, 0.05) is 17.3 Å². The molecule has 2 unspecified atom stereocenters. The molecule has 0 saturated heterocycles. The molecule has 1 aliphatic heterocycles. The molecule has 1 heterocycles. The molecule has 1 aromatic rings. The Labute approximate surface area is 169 Å². The fraction of sp³-hybridized carbons (Fsp3) is 0.111. The Morgan fingerprint density at radius 3 is 2.32 bits per heavy atom. The summed E-state index contributed by atoms with van der Waals surface area (Å²) < 4.78 is 0. The number of benzene rings is 1. The van der Waals surface area contributed by atoms with Gasteiger partial charge in [-0.2, -0.15) is 0 Å². The van der Waals surface area contributed by atoms with E-state index in [2.05, 4.69) is 86.4 Å². The predicted octanol–water partition coefficient (Wildman–Crippen LogP) is 6.64. The van der Waals surface area contributed by atoms with Crippen LogP contribution >= 0.6 is 0 Å². The lowest BCUT2D eigenvalue weighted by molar-refractivity contribution is 0.525. The van der Waals surface area contributed by atoms with E-state index < -0.39 is 0 Å². The summed E-state index contributed by atoms with van der Waals surface area (Å²) in [5.74, 6) is 0.455. The second kappa shape index (κ2) is 8.58. The molecule has 0 radical (unpaired) electrons. The van der Waals surface area contributed by atoms with Crippen LogP contribution in [0.2, 0.25) is 0 Å². The van der Waals surface area contributed by atoms with E-state index in [4.69, 9.17) is 0 Å². The SMILES string of the molecule is C=CC(=C)/C=C\C(=C)C(=C)/C=C\C(=C)N1c2ccccc2CC2C=CC=CC21. The Hall–Kier alpha value is -3.32. The zero-order valence-corrected chi connectivity index (χ0v) is 16.4. The second-order valence-electron chi connectivity index (χ2n) is 7.11. The average molecular weight is 366 g/mol. The lowest BCUT2D eigenvalue weighted by atomic mass is 9.83. The van der Waals surface area contributed by atoms with Crippen LogP contribution in [-0.4, -0.2) is 6.04 Å². The highest BCUT2D eigenvalue weighted by atomic mass is 15.2. The minimum absolute atomic E-state index is 0.282. The van der Waals surface area contributed by atoms with Gasteiger partial charge in [0.05, 0.1) is 6.04 Å². The number of para-hydroxylation sites is 1. The third-order valence-electron chi connectivity index (χ3n) is 5.18. The molecular formula is C27H27N. The van der Waals surface area contributed by atoms with Crippen molar-refractivity contribution in [1.29, 1.82) is 0 Å². The van der Waals surface area contributed by atoms with Gasteiger partial charge in [0.2, 0.25) is 0 Å². The van der Waals surface area contributed by atoms with Crippen LogP contribution in [0.15, 0.2) is 134 Å². The van der Waals surface area contributed by atoms with Gasteiger partial charge in [-0.15, -0.1) is 0 Å². The van der Waals surface area contributed by atoms with Gasteiger partial charge in [-0.1, -0.05) is 99.7 Å². The zero-order valence-electron chi connectivity index (χ0n) is 16.4.